The first-order valence-corrected chi connectivity index (χ1v) is 5.85. The van der Waals surface area contributed by atoms with E-state index in [0.717, 1.165) is 24.7 Å². The lowest BCUT2D eigenvalue weighted by Crippen LogP contribution is -2.54. The van der Waals surface area contributed by atoms with Crippen molar-refractivity contribution < 1.29 is 5.11 Å². The number of aliphatic hydroxyl groups is 1. The minimum atomic E-state index is 0.0136. The van der Waals surface area contributed by atoms with Gasteiger partial charge in [0.1, 0.15) is 0 Å². The summed E-state index contributed by atoms with van der Waals surface area (Å²) >= 11 is 0. The van der Waals surface area contributed by atoms with Crippen LogP contribution < -0.4 is 0 Å². The van der Waals surface area contributed by atoms with Crippen molar-refractivity contribution in [3.63, 3.8) is 0 Å². The van der Waals surface area contributed by atoms with Gasteiger partial charge in [0.15, 0.2) is 0 Å². The Bertz CT molecular complexity index is 197. The third-order valence-corrected chi connectivity index (χ3v) is 3.91. The van der Waals surface area contributed by atoms with Gasteiger partial charge in [-0.1, -0.05) is 20.8 Å². The first-order valence-electron chi connectivity index (χ1n) is 5.85. The number of likely N-dealkylation sites (tertiary alicyclic amines) is 1. The quantitative estimate of drug-likeness (QED) is 0.729. The van der Waals surface area contributed by atoms with E-state index in [9.17, 15) is 5.11 Å². The average molecular weight is 197 g/mol. The summed E-state index contributed by atoms with van der Waals surface area (Å²) in [6.07, 6.45) is 2.09. The lowest BCUT2D eigenvalue weighted by atomic mass is 9.74. The van der Waals surface area contributed by atoms with Gasteiger partial charge in [0, 0.05) is 19.6 Å². The van der Waals surface area contributed by atoms with E-state index in [-0.39, 0.29) is 6.10 Å². The van der Waals surface area contributed by atoms with E-state index in [1.54, 1.807) is 0 Å². The van der Waals surface area contributed by atoms with Gasteiger partial charge in [-0.05, 0) is 30.1 Å². The predicted octanol–water partition coefficient (Wildman–Crippen LogP) is 1.74. The molecule has 0 radical (unpaired) electrons. The molecule has 0 amide bonds. The van der Waals surface area contributed by atoms with Crippen molar-refractivity contribution in [2.24, 2.45) is 17.3 Å². The van der Waals surface area contributed by atoms with Gasteiger partial charge in [-0.3, -0.25) is 0 Å². The van der Waals surface area contributed by atoms with Crippen molar-refractivity contribution in [2.45, 2.75) is 39.7 Å². The number of hydrogen-bond acceptors (Lipinski definition) is 2. The van der Waals surface area contributed by atoms with Crippen LogP contribution in [0, 0.1) is 17.3 Å². The summed E-state index contributed by atoms with van der Waals surface area (Å²) in [7, 11) is 0. The lowest BCUT2D eigenvalue weighted by molar-refractivity contribution is -0.0263. The Morgan fingerprint density at radius 1 is 1.21 bits per heavy atom. The van der Waals surface area contributed by atoms with Gasteiger partial charge in [0.2, 0.25) is 0 Å². The van der Waals surface area contributed by atoms with Crippen molar-refractivity contribution in [2.75, 3.05) is 19.6 Å². The molecule has 2 aliphatic rings. The van der Waals surface area contributed by atoms with Gasteiger partial charge < -0.3 is 10.0 Å². The molecule has 2 rings (SSSR count). The van der Waals surface area contributed by atoms with Crippen LogP contribution in [0.1, 0.15) is 33.6 Å². The highest BCUT2D eigenvalue weighted by molar-refractivity contribution is 4.91. The molecule has 0 aromatic heterocycles. The molecule has 0 atom stereocenters. The summed E-state index contributed by atoms with van der Waals surface area (Å²) in [4.78, 5) is 2.55. The summed E-state index contributed by atoms with van der Waals surface area (Å²) in [6, 6.07) is 0. The molecule has 2 fully saturated rings. The maximum atomic E-state index is 9.18. The lowest BCUT2D eigenvalue weighted by Gasteiger charge is -2.49. The molecule has 0 aromatic carbocycles. The van der Waals surface area contributed by atoms with Crippen LogP contribution in [0.2, 0.25) is 0 Å². The van der Waals surface area contributed by atoms with Crippen LogP contribution in [-0.2, 0) is 0 Å². The van der Waals surface area contributed by atoms with E-state index in [1.165, 1.54) is 19.6 Å². The highest BCUT2D eigenvalue weighted by Gasteiger charge is 2.38. The first kappa shape index (κ1) is 10.4. The van der Waals surface area contributed by atoms with Crippen molar-refractivity contribution >= 4 is 0 Å². The summed E-state index contributed by atoms with van der Waals surface area (Å²) in [5.74, 6) is 1.67. The zero-order chi connectivity index (χ0) is 10.3. The van der Waals surface area contributed by atoms with Gasteiger partial charge in [-0.15, -0.1) is 0 Å². The van der Waals surface area contributed by atoms with Crippen molar-refractivity contribution in [1.82, 2.24) is 4.90 Å². The number of hydrogen-bond donors (Lipinski definition) is 1. The smallest absolute Gasteiger partial charge is 0.0546 e. The molecule has 1 heterocycles. The molecule has 2 heteroatoms. The minimum Gasteiger partial charge on any atom is -0.393 e. The fraction of sp³-hybridized carbons (Fsp3) is 1.00. The SMILES string of the molecule is CC(C)(C)C1CN(CC2CC(O)C2)C1. The summed E-state index contributed by atoms with van der Waals surface area (Å²) in [6.45, 7) is 10.8. The van der Waals surface area contributed by atoms with Crippen LogP contribution in [0.3, 0.4) is 0 Å². The monoisotopic (exact) mass is 197 g/mol. The highest BCUT2D eigenvalue weighted by Crippen LogP contribution is 2.36. The normalized spacial score (nSPS) is 35.1. The molecule has 0 aromatic rings. The van der Waals surface area contributed by atoms with E-state index < -0.39 is 0 Å². The molecule has 14 heavy (non-hydrogen) atoms. The molecule has 1 saturated carbocycles. The van der Waals surface area contributed by atoms with E-state index in [2.05, 4.69) is 25.7 Å². The Hall–Kier alpha value is -0.0800. The van der Waals surface area contributed by atoms with E-state index in [0.29, 0.717) is 5.41 Å². The molecule has 1 aliphatic heterocycles. The summed E-state index contributed by atoms with van der Waals surface area (Å²) < 4.78 is 0. The first-order chi connectivity index (χ1) is 6.45. The van der Waals surface area contributed by atoms with Gasteiger partial charge in [0.25, 0.3) is 0 Å². The average Bonchev–Trinajstić information content (AvgIpc) is 1.88. The minimum absolute atomic E-state index is 0.0136. The molecule has 2 nitrogen and oxygen atoms in total. The fourth-order valence-corrected chi connectivity index (χ4v) is 2.48. The second-order valence-electron chi connectivity index (χ2n) is 6.27. The van der Waals surface area contributed by atoms with E-state index >= 15 is 0 Å². The summed E-state index contributed by atoms with van der Waals surface area (Å²) in [5, 5.41) is 9.18. The fourth-order valence-electron chi connectivity index (χ4n) is 2.48. The van der Waals surface area contributed by atoms with Crippen LogP contribution in [-0.4, -0.2) is 35.7 Å². The van der Waals surface area contributed by atoms with Crippen LogP contribution >= 0.6 is 0 Å². The molecule has 1 aliphatic carbocycles. The zero-order valence-electron chi connectivity index (χ0n) is 9.66. The molecule has 0 bridgehead atoms. The molecule has 0 spiro atoms. The number of aliphatic hydroxyl groups excluding tert-OH is 1. The Labute approximate surface area is 87.3 Å². The van der Waals surface area contributed by atoms with Crippen LogP contribution in [0.15, 0.2) is 0 Å². The van der Waals surface area contributed by atoms with Gasteiger partial charge >= 0.3 is 0 Å². The number of rotatable bonds is 2. The summed E-state index contributed by atoms with van der Waals surface area (Å²) in [5.41, 5.74) is 0.482. The molecule has 1 saturated heterocycles. The molecular weight excluding hydrogens is 174 g/mol. The number of nitrogens with zero attached hydrogens (tertiary/aromatic N) is 1. The highest BCUT2D eigenvalue weighted by atomic mass is 16.3. The third kappa shape index (κ3) is 2.12. The largest absolute Gasteiger partial charge is 0.393 e. The van der Waals surface area contributed by atoms with Gasteiger partial charge in [-0.2, -0.15) is 0 Å². The van der Waals surface area contributed by atoms with Crippen LogP contribution in [0.5, 0.6) is 0 Å². The molecule has 82 valence electrons. The Morgan fingerprint density at radius 2 is 1.79 bits per heavy atom. The Kier molecular flexibility index (Phi) is 2.61. The van der Waals surface area contributed by atoms with Gasteiger partial charge in [0.05, 0.1) is 6.10 Å². The Balaban J connectivity index is 1.64. The maximum Gasteiger partial charge on any atom is 0.0546 e. The van der Waals surface area contributed by atoms with E-state index in [4.69, 9.17) is 0 Å². The van der Waals surface area contributed by atoms with Crippen molar-refractivity contribution in [1.29, 1.82) is 0 Å². The Morgan fingerprint density at radius 3 is 2.21 bits per heavy atom. The van der Waals surface area contributed by atoms with Crippen molar-refractivity contribution in [3.05, 3.63) is 0 Å². The zero-order valence-corrected chi connectivity index (χ0v) is 9.66. The molecular formula is C12H23NO. The molecule has 0 unspecified atom stereocenters. The van der Waals surface area contributed by atoms with Gasteiger partial charge in [-0.25, -0.2) is 0 Å². The second-order valence-corrected chi connectivity index (χ2v) is 6.27. The second kappa shape index (κ2) is 3.49. The standard InChI is InChI=1S/C12H23NO/c1-12(2,3)10-7-13(8-10)6-9-4-11(14)5-9/h9-11,14H,4-8H2,1-3H3. The van der Waals surface area contributed by atoms with Crippen LogP contribution in [0.25, 0.3) is 0 Å². The topological polar surface area (TPSA) is 23.5 Å². The van der Waals surface area contributed by atoms with Crippen LogP contribution in [0.4, 0.5) is 0 Å². The third-order valence-electron chi connectivity index (χ3n) is 3.91. The van der Waals surface area contributed by atoms with E-state index in [1.807, 2.05) is 0 Å². The molecule has 1 N–H and O–H groups in total. The van der Waals surface area contributed by atoms with Crippen molar-refractivity contribution in [3.8, 4) is 0 Å². The predicted molar refractivity (Wildman–Crippen MR) is 58.1 cm³/mol. The maximum absolute atomic E-state index is 9.18.